The molecule has 0 bridgehead atoms. The maximum Gasteiger partial charge on any atom is -0.0146 e. The molecule has 0 saturated carbocycles. The Morgan fingerprint density at radius 3 is 2.87 bits per heavy atom. The third-order valence-corrected chi connectivity index (χ3v) is 3.21. The van der Waals surface area contributed by atoms with Gasteiger partial charge in [-0.05, 0) is 34.2 Å². The molecule has 0 saturated heterocycles. The Labute approximate surface area is 90.2 Å². The van der Waals surface area contributed by atoms with E-state index in [1.165, 1.54) is 28.3 Å². The Hall–Kier alpha value is -1.56. The van der Waals surface area contributed by atoms with E-state index in [-0.39, 0.29) is 0 Å². The quantitative estimate of drug-likeness (QED) is 0.593. The summed E-state index contributed by atoms with van der Waals surface area (Å²) < 4.78 is 0. The summed E-state index contributed by atoms with van der Waals surface area (Å²) in [6.45, 7) is 2.28. The topological polar surface area (TPSA) is 0 Å². The van der Waals surface area contributed by atoms with Gasteiger partial charge < -0.3 is 0 Å². The van der Waals surface area contributed by atoms with Gasteiger partial charge in [0, 0.05) is 0 Å². The molecule has 3 rings (SSSR count). The number of hydrogen-bond donors (Lipinski definition) is 0. The van der Waals surface area contributed by atoms with Crippen molar-refractivity contribution >= 4 is 16.8 Å². The van der Waals surface area contributed by atoms with Crippen molar-refractivity contribution in [2.45, 2.75) is 13.3 Å². The zero-order chi connectivity index (χ0) is 10.3. The number of hydrogen-bond acceptors (Lipinski definition) is 0. The maximum absolute atomic E-state index is 2.30. The smallest absolute Gasteiger partial charge is 0.0146 e. The van der Waals surface area contributed by atoms with Gasteiger partial charge in [-0.3, -0.25) is 0 Å². The lowest BCUT2D eigenvalue weighted by molar-refractivity contribution is 0.721. The van der Waals surface area contributed by atoms with Crippen LogP contribution in [0.15, 0.2) is 42.5 Å². The zero-order valence-corrected chi connectivity index (χ0v) is 8.90. The van der Waals surface area contributed by atoms with E-state index in [1.54, 1.807) is 0 Å². The average molecular weight is 194 g/mol. The molecule has 15 heavy (non-hydrogen) atoms. The highest BCUT2D eigenvalue weighted by Crippen LogP contribution is 2.29. The Morgan fingerprint density at radius 1 is 1.07 bits per heavy atom. The van der Waals surface area contributed by atoms with E-state index in [0.29, 0.717) is 5.92 Å². The van der Waals surface area contributed by atoms with Crippen LogP contribution in [0.2, 0.25) is 0 Å². The van der Waals surface area contributed by atoms with Crippen molar-refractivity contribution in [1.82, 2.24) is 0 Å². The van der Waals surface area contributed by atoms with E-state index in [4.69, 9.17) is 0 Å². The summed E-state index contributed by atoms with van der Waals surface area (Å²) in [5.41, 5.74) is 2.91. The van der Waals surface area contributed by atoms with Gasteiger partial charge in [0.1, 0.15) is 0 Å². The molecule has 0 N–H and O–H groups in total. The number of rotatable bonds is 0. The molecule has 2 aromatic carbocycles. The fourth-order valence-corrected chi connectivity index (χ4v) is 2.39. The molecule has 1 aliphatic carbocycles. The average Bonchev–Trinajstić information content (AvgIpc) is 2.29. The third-order valence-electron chi connectivity index (χ3n) is 3.21. The van der Waals surface area contributed by atoms with Gasteiger partial charge in [0.2, 0.25) is 0 Å². The van der Waals surface area contributed by atoms with Crippen molar-refractivity contribution in [3.63, 3.8) is 0 Å². The molecule has 74 valence electrons. The van der Waals surface area contributed by atoms with Gasteiger partial charge in [0.15, 0.2) is 0 Å². The summed E-state index contributed by atoms with van der Waals surface area (Å²) in [4.78, 5) is 0. The van der Waals surface area contributed by atoms with Gasteiger partial charge in [-0.2, -0.15) is 0 Å². The molecule has 0 amide bonds. The van der Waals surface area contributed by atoms with Crippen molar-refractivity contribution in [2.75, 3.05) is 0 Å². The summed E-state index contributed by atoms with van der Waals surface area (Å²) in [6.07, 6.45) is 5.74. The van der Waals surface area contributed by atoms with E-state index < -0.39 is 0 Å². The van der Waals surface area contributed by atoms with Crippen LogP contribution in [0.1, 0.15) is 18.1 Å². The minimum Gasteiger partial charge on any atom is -0.0808 e. The zero-order valence-electron chi connectivity index (χ0n) is 8.90. The first-order valence-corrected chi connectivity index (χ1v) is 5.53. The van der Waals surface area contributed by atoms with Gasteiger partial charge in [0.05, 0.1) is 0 Å². The molecule has 0 fully saturated rings. The van der Waals surface area contributed by atoms with Crippen LogP contribution in [-0.4, -0.2) is 0 Å². The number of allylic oxidation sites excluding steroid dienone is 1. The SMILES string of the molecule is CC1C=Cc2ccc3ccccc3c2C1. The highest BCUT2D eigenvalue weighted by Gasteiger charge is 2.12. The summed E-state index contributed by atoms with van der Waals surface area (Å²) in [7, 11) is 0. The van der Waals surface area contributed by atoms with E-state index in [1.807, 2.05) is 0 Å². The van der Waals surface area contributed by atoms with Crippen LogP contribution in [0.5, 0.6) is 0 Å². The molecular formula is C15H14. The van der Waals surface area contributed by atoms with Crippen LogP contribution < -0.4 is 0 Å². The van der Waals surface area contributed by atoms with Crippen molar-refractivity contribution in [3.8, 4) is 0 Å². The molecular weight excluding hydrogens is 180 g/mol. The van der Waals surface area contributed by atoms with Gasteiger partial charge in [-0.15, -0.1) is 0 Å². The standard InChI is InChI=1S/C15H14/c1-11-6-7-13-9-8-12-4-2-3-5-14(12)15(13)10-11/h2-9,11H,10H2,1H3. The molecule has 1 atom stereocenters. The second-order valence-corrected chi connectivity index (χ2v) is 4.40. The van der Waals surface area contributed by atoms with E-state index in [0.717, 1.165) is 0 Å². The van der Waals surface area contributed by atoms with Gasteiger partial charge in [-0.1, -0.05) is 55.5 Å². The number of benzene rings is 2. The van der Waals surface area contributed by atoms with Crippen LogP contribution in [0.25, 0.3) is 16.8 Å². The molecule has 1 unspecified atom stereocenters. The molecule has 0 heteroatoms. The fraction of sp³-hybridized carbons (Fsp3) is 0.200. The third kappa shape index (κ3) is 1.37. The van der Waals surface area contributed by atoms with Crippen LogP contribution in [-0.2, 0) is 6.42 Å². The second kappa shape index (κ2) is 3.23. The lowest BCUT2D eigenvalue weighted by Gasteiger charge is -2.17. The highest BCUT2D eigenvalue weighted by atomic mass is 14.2. The minimum atomic E-state index is 0.670. The summed E-state index contributed by atoms with van der Waals surface area (Å²) in [5.74, 6) is 0.670. The van der Waals surface area contributed by atoms with Crippen molar-refractivity contribution < 1.29 is 0 Å². The Bertz CT molecular complexity index is 535. The molecule has 0 aliphatic heterocycles. The predicted octanol–water partition coefficient (Wildman–Crippen LogP) is 4.05. The first-order valence-electron chi connectivity index (χ1n) is 5.53. The van der Waals surface area contributed by atoms with Gasteiger partial charge in [-0.25, -0.2) is 0 Å². The molecule has 1 aliphatic rings. The van der Waals surface area contributed by atoms with Crippen LogP contribution in [0.3, 0.4) is 0 Å². The minimum absolute atomic E-state index is 0.670. The second-order valence-electron chi connectivity index (χ2n) is 4.40. The first-order chi connectivity index (χ1) is 7.34. The lowest BCUT2D eigenvalue weighted by atomic mass is 9.87. The van der Waals surface area contributed by atoms with Crippen LogP contribution in [0.4, 0.5) is 0 Å². The molecule has 0 nitrogen and oxygen atoms in total. The Kier molecular flexibility index (Phi) is 1.88. The molecule has 0 aromatic heterocycles. The van der Waals surface area contributed by atoms with Crippen molar-refractivity contribution in [3.05, 3.63) is 53.6 Å². The molecule has 2 aromatic rings. The Balaban J connectivity index is 2.34. The van der Waals surface area contributed by atoms with Crippen LogP contribution in [0, 0.1) is 5.92 Å². The van der Waals surface area contributed by atoms with E-state index >= 15 is 0 Å². The maximum atomic E-state index is 2.30. The van der Waals surface area contributed by atoms with Crippen molar-refractivity contribution in [1.29, 1.82) is 0 Å². The Morgan fingerprint density at radius 2 is 1.93 bits per heavy atom. The first kappa shape index (κ1) is 8.72. The normalized spacial score (nSPS) is 19.1. The van der Waals surface area contributed by atoms with Crippen LogP contribution >= 0.6 is 0 Å². The molecule has 0 radical (unpaired) electrons. The fourth-order valence-electron chi connectivity index (χ4n) is 2.39. The lowest BCUT2D eigenvalue weighted by Crippen LogP contribution is -2.03. The van der Waals surface area contributed by atoms with E-state index in [9.17, 15) is 0 Å². The summed E-state index contributed by atoms with van der Waals surface area (Å²) >= 11 is 0. The van der Waals surface area contributed by atoms with Gasteiger partial charge in [0.25, 0.3) is 0 Å². The summed E-state index contributed by atoms with van der Waals surface area (Å²) in [5, 5.41) is 2.78. The molecule has 0 heterocycles. The highest BCUT2D eigenvalue weighted by molar-refractivity contribution is 5.89. The number of fused-ring (bicyclic) bond motifs is 3. The van der Waals surface area contributed by atoms with Crippen molar-refractivity contribution in [2.24, 2.45) is 5.92 Å². The van der Waals surface area contributed by atoms with Gasteiger partial charge >= 0.3 is 0 Å². The largest absolute Gasteiger partial charge is 0.0808 e. The molecule has 0 spiro atoms. The monoisotopic (exact) mass is 194 g/mol. The summed E-state index contributed by atoms with van der Waals surface area (Å²) in [6, 6.07) is 13.1. The predicted molar refractivity (Wildman–Crippen MR) is 65.9 cm³/mol. The van der Waals surface area contributed by atoms with E-state index in [2.05, 4.69) is 55.5 Å².